The van der Waals surface area contributed by atoms with Gasteiger partial charge in [-0.1, -0.05) is 39.0 Å². The maximum Gasteiger partial charge on any atom is 0.122 e. The van der Waals surface area contributed by atoms with E-state index in [1.54, 1.807) is 6.92 Å². The van der Waals surface area contributed by atoms with Gasteiger partial charge in [0.1, 0.15) is 11.7 Å². The largest absolute Gasteiger partial charge is 0.462 e. The van der Waals surface area contributed by atoms with Gasteiger partial charge in [0.25, 0.3) is 0 Å². The van der Waals surface area contributed by atoms with Crippen LogP contribution in [0.3, 0.4) is 0 Å². The van der Waals surface area contributed by atoms with Crippen LogP contribution in [-0.4, -0.2) is 15.8 Å². The van der Waals surface area contributed by atoms with Gasteiger partial charge in [-0.3, -0.25) is 0 Å². The Balaban J connectivity index is 0. The normalized spacial score (nSPS) is 13.5. The molecule has 0 fully saturated rings. The van der Waals surface area contributed by atoms with Crippen molar-refractivity contribution >= 4 is 0 Å². The molecule has 0 bridgehead atoms. The molecular formula is C16H28O2. The third-order valence-electron chi connectivity index (χ3n) is 2.39. The van der Waals surface area contributed by atoms with Gasteiger partial charge in [-0.2, -0.15) is 0 Å². The number of aliphatic hydroxyl groups is 2. The SMILES string of the molecule is C#CC(C)(O)CC(C)C.CCCC(C)(C)C#CO. The fourth-order valence-corrected chi connectivity index (χ4v) is 1.69. The molecule has 0 spiro atoms. The number of hydrogen-bond donors (Lipinski definition) is 2. The van der Waals surface area contributed by atoms with E-state index in [1.807, 2.05) is 33.8 Å². The van der Waals surface area contributed by atoms with Gasteiger partial charge in [0.15, 0.2) is 0 Å². The molecule has 0 saturated carbocycles. The number of terminal acetylenes is 1. The van der Waals surface area contributed by atoms with Crippen LogP contribution in [0.2, 0.25) is 0 Å². The van der Waals surface area contributed by atoms with Crippen molar-refractivity contribution in [2.75, 3.05) is 0 Å². The van der Waals surface area contributed by atoms with Crippen LogP contribution >= 0.6 is 0 Å². The van der Waals surface area contributed by atoms with Crippen LogP contribution in [0, 0.1) is 35.7 Å². The van der Waals surface area contributed by atoms with Gasteiger partial charge in [0.2, 0.25) is 0 Å². The summed E-state index contributed by atoms with van der Waals surface area (Å²) in [7, 11) is 0. The van der Waals surface area contributed by atoms with Gasteiger partial charge in [-0.05, 0) is 39.5 Å². The fraction of sp³-hybridized carbons (Fsp3) is 0.750. The maximum atomic E-state index is 9.26. The van der Waals surface area contributed by atoms with Gasteiger partial charge in [0, 0.05) is 5.41 Å². The van der Waals surface area contributed by atoms with Crippen LogP contribution in [0.1, 0.15) is 60.8 Å². The Morgan fingerprint density at radius 1 is 1.22 bits per heavy atom. The predicted octanol–water partition coefficient (Wildman–Crippen LogP) is 3.56. The summed E-state index contributed by atoms with van der Waals surface area (Å²) in [5.41, 5.74) is -0.919. The van der Waals surface area contributed by atoms with E-state index in [9.17, 15) is 5.11 Å². The van der Waals surface area contributed by atoms with Crippen molar-refractivity contribution in [2.24, 2.45) is 11.3 Å². The average Bonchev–Trinajstić information content (AvgIpc) is 2.16. The van der Waals surface area contributed by atoms with Crippen molar-refractivity contribution in [1.82, 2.24) is 0 Å². The molecule has 0 aliphatic heterocycles. The number of hydrogen-bond acceptors (Lipinski definition) is 2. The van der Waals surface area contributed by atoms with Crippen molar-refractivity contribution in [1.29, 1.82) is 0 Å². The van der Waals surface area contributed by atoms with Gasteiger partial charge in [-0.15, -0.1) is 6.42 Å². The molecule has 2 heteroatoms. The number of aliphatic hydroxyl groups excluding tert-OH is 1. The first-order chi connectivity index (χ1) is 8.10. The summed E-state index contributed by atoms with van der Waals surface area (Å²) in [6, 6.07) is 0. The molecule has 0 radical (unpaired) electrons. The molecule has 1 atom stereocenters. The highest BCUT2D eigenvalue weighted by atomic mass is 16.3. The zero-order valence-electron chi connectivity index (χ0n) is 12.7. The van der Waals surface area contributed by atoms with Crippen molar-refractivity contribution in [3.05, 3.63) is 0 Å². The molecule has 104 valence electrons. The van der Waals surface area contributed by atoms with E-state index in [1.165, 1.54) is 0 Å². The lowest BCUT2D eigenvalue weighted by Crippen LogP contribution is -2.23. The highest BCUT2D eigenvalue weighted by Crippen LogP contribution is 2.19. The Labute approximate surface area is 113 Å². The summed E-state index contributed by atoms with van der Waals surface area (Å²) < 4.78 is 0. The minimum absolute atomic E-state index is 0.0104. The minimum Gasteiger partial charge on any atom is -0.462 e. The topological polar surface area (TPSA) is 40.5 Å². The standard InChI is InChI=1S/2C8H14O/c1-5-8(4,9)6-7(2)3;1-4-5-8(2,3)6-7-9/h1,7,9H,6H2,2-4H3;9H,4-5H2,1-3H3. The average molecular weight is 252 g/mol. The zero-order chi connectivity index (χ0) is 14.8. The lowest BCUT2D eigenvalue weighted by molar-refractivity contribution is 0.0978. The summed E-state index contributed by atoms with van der Waals surface area (Å²) in [6.07, 6.45) is 9.82. The Bertz CT molecular complexity index is 308. The lowest BCUT2D eigenvalue weighted by atomic mass is 9.89. The molecule has 0 saturated heterocycles. The quantitative estimate of drug-likeness (QED) is 0.751. The van der Waals surface area contributed by atoms with Gasteiger partial charge in [0.05, 0.1) is 0 Å². The molecule has 0 aromatic carbocycles. The summed E-state index contributed by atoms with van der Waals surface area (Å²) in [4.78, 5) is 0. The molecule has 0 aromatic heterocycles. The molecule has 18 heavy (non-hydrogen) atoms. The van der Waals surface area contributed by atoms with E-state index < -0.39 is 5.60 Å². The molecule has 0 aromatic rings. The first-order valence-electron chi connectivity index (χ1n) is 6.46. The lowest BCUT2D eigenvalue weighted by Gasteiger charge is -2.17. The van der Waals surface area contributed by atoms with E-state index in [0.29, 0.717) is 12.3 Å². The Hall–Kier alpha value is -1.12. The molecular weight excluding hydrogens is 224 g/mol. The van der Waals surface area contributed by atoms with E-state index in [4.69, 9.17) is 11.5 Å². The van der Waals surface area contributed by atoms with Crippen molar-refractivity contribution in [3.8, 4) is 24.4 Å². The van der Waals surface area contributed by atoms with Gasteiger partial charge >= 0.3 is 0 Å². The zero-order valence-corrected chi connectivity index (χ0v) is 12.7. The smallest absolute Gasteiger partial charge is 0.122 e. The second kappa shape index (κ2) is 8.90. The summed E-state index contributed by atoms with van der Waals surface area (Å²) in [6.45, 7) is 11.9. The molecule has 2 N–H and O–H groups in total. The first-order valence-corrected chi connectivity index (χ1v) is 6.46. The van der Waals surface area contributed by atoms with Crippen LogP contribution in [-0.2, 0) is 0 Å². The second-order valence-corrected chi connectivity index (χ2v) is 5.89. The molecule has 0 aliphatic carbocycles. The molecule has 1 unspecified atom stereocenters. The van der Waals surface area contributed by atoms with Crippen LogP contribution in [0.4, 0.5) is 0 Å². The molecule has 0 amide bonds. The molecule has 0 aliphatic rings. The Kier molecular flexibility index (Phi) is 9.50. The monoisotopic (exact) mass is 252 g/mol. The van der Waals surface area contributed by atoms with Gasteiger partial charge in [-0.25, -0.2) is 0 Å². The molecule has 0 heterocycles. The maximum absolute atomic E-state index is 9.26. The van der Waals surface area contributed by atoms with Gasteiger partial charge < -0.3 is 10.2 Å². The minimum atomic E-state index is -0.909. The summed E-state index contributed by atoms with van der Waals surface area (Å²) in [5.74, 6) is 5.51. The van der Waals surface area contributed by atoms with Crippen molar-refractivity contribution in [2.45, 2.75) is 66.4 Å². The fourth-order valence-electron chi connectivity index (χ4n) is 1.69. The highest BCUT2D eigenvalue weighted by Gasteiger charge is 2.17. The second-order valence-electron chi connectivity index (χ2n) is 5.89. The van der Waals surface area contributed by atoms with Crippen molar-refractivity contribution in [3.63, 3.8) is 0 Å². The Morgan fingerprint density at radius 3 is 1.94 bits per heavy atom. The van der Waals surface area contributed by atoms with E-state index in [0.717, 1.165) is 12.8 Å². The molecule has 2 nitrogen and oxygen atoms in total. The molecule has 0 rings (SSSR count). The van der Waals surface area contributed by atoms with E-state index in [-0.39, 0.29) is 5.41 Å². The third kappa shape index (κ3) is 12.9. The van der Waals surface area contributed by atoms with Crippen LogP contribution in [0.5, 0.6) is 0 Å². The highest BCUT2D eigenvalue weighted by molar-refractivity contribution is 5.04. The summed E-state index contributed by atoms with van der Waals surface area (Å²) >= 11 is 0. The first kappa shape index (κ1) is 19.2. The summed E-state index contributed by atoms with van der Waals surface area (Å²) in [5, 5.41) is 17.5. The number of rotatable bonds is 4. The third-order valence-corrected chi connectivity index (χ3v) is 2.39. The van der Waals surface area contributed by atoms with E-state index in [2.05, 4.69) is 18.8 Å². The predicted molar refractivity (Wildman–Crippen MR) is 77.3 cm³/mol. The Morgan fingerprint density at radius 2 is 1.72 bits per heavy atom. The van der Waals surface area contributed by atoms with Crippen LogP contribution in [0.25, 0.3) is 0 Å². The van der Waals surface area contributed by atoms with Crippen LogP contribution < -0.4 is 0 Å². The van der Waals surface area contributed by atoms with Crippen LogP contribution in [0.15, 0.2) is 0 Å². The van der Waals surface area contributed by atoms with Crippen molar-refractivity contribution < 1.29 is 10.2 Å². The van der Waals surface area contributed by atoms with E-state index >= 15 is 0 Å².